The first-order valence-electron chi connectivity index (χ1n) is 34.1. The highest BCUT2D eigenvalue weighted by molar-refractivity contribution is 5.82. The average Bonchev–Trinajstić information content (AvgIpc) is 1.13. The number of hydrogen-bond acceptors (Lipinski definition) is 24. The van der Waals surface area contributed by atoms with Crippen LogP contribution in [0.3, 0.4) is 0 Å². The maximum Gasteiger partial charge on any atom is 0.251 e. The first-order chi connectivity index (χ1) is 47.1. The molecule has 0 spiro atoms. The zero-order valence-electron chi connectivity index (χ0n) is 54.8. The van der Waals surface area contributed by atoms with Crippen LogP contribution in [0, 0.1) is 35.3 Å². The average molecular weight is 1380 g/mol. The molecule has 11 rings (SSSR count). The molecule has 12 N–H and O–H groups in total. The zero-order chi connectivity index (χ0) is 69.6. The number of carbonyl (C=O) groups is 4. The number of aliphatic hydroxyl groups is 9. The van der Waals surface area contributed by atoms with Crippen LogP contribution in [0.2, 0.25) is 0 Å². The van der Waals surface area contributed by atoms with Gasteiger partial charge in [0.2, 0.25) is 17.7 Å². The molecule has 6 heterocycles. The molecule has 0 radical (unpaired) electrons. The van der Waals surface area contributed by atoms with E-state index in [2.05, 4.69) is 36.6 Å². The number of rotatable bonds is 24. The van der Waals surface area contributed by atoms with Crippen molar-refractivity contribution in [1.29, 1.82) is 0 Å². The van der Waals surface area contributed by atoms with E-state index in [9.17, 15) is 73.9 Å². The molecule has 4 saturated heterocycles. The van der Waals surface area contributed by atoms with Gasteiger partial charge < -0.3 is 100.0 Å². The van der Waals surface area contributed by atoms with E-state index < -0.39 is 189 Å². The van der Waals surface area contributed by atoms with E-state index in [1.807, 2.05) is 6.92 Å². The Morgan fingerprint density at radius 3 is 1.83 bits per heavy atom. The Labute approximate surface area is 564 Å². The standard InChI is InChI=1S/C66H92F2N10O20/c1-4-35-22-38(27-46(59(35)98-66-58(88)57(87)52(82)32(2)92-66)95-64-50(71-33(3)81)60(55(85)49(31-80)96-64)93-47(63(91)76-19-10-20-76)21-34-11-6-5-7-12-34)61(89)69-17-18-70-62(90)39-25-44(77-28-42(72-74-77)36-13-8-15-40(67)23-36)53(83)45(26-39)94-65-56(86)51(54(84)48(30-79)97-65)78-29-43(73-75-78)37-14-9-16-41(68)24-37/h8-9,13-16,23-24,28-29,32,34-35,38-39,44-60,64-66,79-80,82-88H,4-7,10-12,17-22,25-27,30-31H2,1-3H3,(H,69,89)(H,70,90)(H,71,81)/t32?,35?,38?,39?,44?,45-,46-,47+,48+,49?,50?,51?,52-,53?,54+,55+,56?,57?,58?,59?,60?,64-,65-,66+/m1/s1. The quantitative estimate of drug-likeness (QED) is 0.0400. The molecule has 32 heteroatoms. The number of likely N-dealkylation sites (tertiary alicyclic amines) is 1. The Kier molecular flexibility index (Phi) is 24.3. The second-order valence-electron chi connectivity index (χ2n) is 27.1. The van der Waals surface area contributed by atoms with Crippen molar-refractivity contribution in [2.24, 2.45) is 23.7 Å². The molecule has 24 atom stereocenters. The highest BCUT2D eigenvalue weighted by Crippen LogP contribution is 2.42. The lowest BCUT2D eigenvalue weighted by Crippen LogP contribution is -2.67. The van der Waals surface area contributed by atoms with Gasteiger partial charge in [0.15, 0.2) is 18.9 Å². The van der Waals surface area contributed by atoms with E-state index in [-0.39, 0.29) is 62.0 Å². The van der Waals surface area contributed by atoms with Crippen molar-refractivity contribution in [3.05, 3.63) is 72.6 Å². The van der Waals surface area contributed by atoms with Crippen LogP contribution in [-0.4, -0.2) is 260 Å². The third kappa shape index (κ3) is 16.6. The van der Waals surface area contributed by atoms with E-state index in [0.29, 0.717) is 37.1 Å². The fraction of sp³-hybridized carbons (Fsp3) is 0.697. The van der Waals surface area contributed by atoms with Crippen LogP contribution in [0.4, 0.5) is 8.78 Å². The Hall–Kier alpha value is -6.18. The summed E-state index contributed by atoms with van der Waals surface area (Å²) in [5.41, 5.74) is 1.15. The summed E-state index contributed by atoms with van der Waals surface area (Å²) in [4.78, 5) is 58.2. The smallest absolute Gasteiger partial charge is 0.251 e. The first-order valence-corrected chi connectivity index (χ1v) is 34.1. The number of benzene rings is 2. The minimum atomic E-state index is -1.75. The van der Waals surface area contributed by atoms with Gasteiger partial charge >= 0.3 is 0 Å². The van der Waals surface area contributed by atoms with Crippen molar-refractivity contribution >= 4 is 23.6 Å². The second kappa shape index (κ2) is 32.6. The number of nitrogens with one attached hydrogen (secondary N) is 3. The second-order valence-corrected chi connectivity index (χ2v) is 27.1. The van der Waals surface area contributed by atoms with Gasteiger partial charge in [0.1, 0.15) is 102 Å². The van der Waals surface area contributed by atoms with Gasteiger partial charge in [-0.3, -0.25) is 19.2 Å². The van der Waals surface area contributed by atoms with Gasteiger partial charge in [0.25, 0.3) is 5.91 Å². The summed E-state index contributed by atoms with van der Waals surface area (Å²) in [7, 11) is 0. The lowest BCUT2D eigenvalue weighted by molar-refractivity contribution is -0.338. The van der Waals surface area contributed by atoms with Crippen LogP contribution < -0.4 is 16.0 Å². The molecule has 30 nitrogen and oxygen atoms in total. The molecule has 7 aliphatic rings. The minimum Gasteiger partial charge on any atom is -0.394 e. The van der Waals surface area contributed by atoms with Crippen molar-refractivity contribution in [2.75, 3.05) is 39.4 Å². The normalized spacial score (nSPS) is 35.8. The number of nitrogens with zero attached hydrogens (tertiary/aromatic N) is 7. The van der Waals surface area contributed by atoms with Crippen LogP contribution in [0.25, 0.3) is 22.5 Å². The summed E-state index contributed by atoms with van der Waals surface area (Å²) in [6.07, 6.45) is -16.8. The van der Waals surface area contributed by atoms with Gasteiger partial charge in [-0.1, -0.05) is 80.1 Å². The lowest BCUT2D eigenvalue weighted by atomic mass is 9.75. The van der Waals surface area contributed by atoms with Crippen LogP contribution in [0.15, 0.2) is 60.9 Å². The van der Waals surface area contributed by atoms with E-state index >= 15 is 0 Å². The third-order valence-corrected chi connectivity index (χ3v) is 20.5. The van der Waals surface area contributed by atoms with E-state index in [1.165, 1.54) is 67.3 Å². The molecule has 14 unspecified atom stereocenters. The molecule has 7 fully saturated rings. The predicted molar refractivity (Wildman–Crippen MR) is 335 cm³/mol. The molecule has 98 heavy (non-hydrogen) atoms. The van der Waals surface area contributed by atoms with E-state index in [0.717, 1.165) is 43.2 Å². The zero-order valence-corrected chi connectivity index (χ0v) is 54.8. The van der Waals surface area contributed by atoms with E-state index in [4.69, 9.17) is 33.2 Å². The van der Waals surface area contributed by atoms with Crippen molar-refractivity contribution in [3.63, 3.8) is 0 Å². The van der Waals surface area contributed by atoms with Crippen LogP contribution >= 0.6 is 0 Å². The highest BCUT2D eigenvalue weighted by Gasteiger charge is 2.55. The Balaban J connectivity index is 0.803. The molecule has 4 amide bonds. The molecule has 4 aliphatic heterocycles. The van der Waals surface area contributed by atoms with Gasteiger partial charge in [-0.15, -0.1) is 10.2 Å². The molecule has 2 aromatic carbocycles. The summed E-state index contributed by atoms with van der Waals surface area (Å²) < 4.78 is 75.7. The number of halogens is 2. The third-order valence-electron chi connectivity index (χ3n) is 20.5. The largest absolute Gasteiger partial charge is 0.394 e. The Bertz CT molecular complexity index is 3310. The van der Waals surface area contributed by atoms with Gasteiger partial charge in [0.05, 0.1) is 56.1 Å². The number of aliphatic hydroxyl groups excluding tert-OH is 9. The van der Waals surface area contributed by atoms with Crippen LogP contribution in [-0.2, 0) is 52.3 Å². The molecule has 540 valence electrons. The number of hydrogen-bond donors (Lipinski definition) is 12. The van der Waals surface area contributed by atoms with Gasteiger partial charge in [0, 0.05) is 56.1 Å². The number of amides is 4. The minimum absolute atomic E-state index is 0.0652. The van der Waals surface area contributed by atoms with Gasteiger partial charge in [-0.25, -0.2) is 18.1 Å². The lowest BCUT2D eigenvalue weighted by Gasteiger charge is -2.49. The molecular weight excluding hydrogens is 1290 g/mol. The maximum atomic E-state index is 14.6. The number of ether oxygens (including phenoxy) is 7. The van der Waals surface area contributed by atoms with Gasteiger partial charge in [-0.05, 0) is 81.5 Å². The molecule has 4 aromatic rings. The van der Waals surface area contributed by atoms with Crippen LogP contribution in [0.1, 0.15) is 110 Å². The summed E-state index contributed by atoms with van der Waals surface area (Å²) in [6.45, 7) is 3.88. The predicted octanol–water partition coefficient (Wildman–Crippen LogP) is -0.335. The monoisotopic (exact) mass is 1380 g/mol. The molecular formula is C66H92F2N10O20. The molecule has 3 saturated carbocycles. The summed E-state index contributed by atoms with van der Waals surface area (Å²) in [5.74, 6) is -5.19. The van der Waals surface area contributed by atoms with E-state index in [1.54, 1.807) is 17.0 Å². The highest BCUT2D eigenvalue weighted by atomic mass is 19.1. The van der Waals surface area contributed by atoms with Crippen molar-refractivity contribution in [1.82, 2.24) is 50.8 Å². The fourth-order valence-corrected chi connectivity index (χ4v) is 14.9. The molecule has 2 aromatic heterocycles. The topological polar surface area (TPSA) is 416 Å². The Morgan fingerprint density at radius 1 is 0.643 bits per heavy atom. The molecule has 3 aliphatic carbocycles. The number of aromatic nitrogens is 6. The summed E-state index contributed by atoms with van der Waals surface area (Å²) in [6, 6.07) is 7.38. The fourth-order valence-electron chi connectivity index (χ4n) is 14.9. The maximum absolute atomic E-state index is 14.6. The van der Waals surface area contributed by atoms with Crippen molar-refractivity contribution < 1.29 is 107 Å². The number of carbonyl (C=O) groups excluding carboxylic acids is 4. The summed E-state index contributed by atoms with van der Waals surface area (Å²) in [5, 5.41) is 127. The summed E-state index contributed by atoms with van der Waals surface area (Å²) >= 11 is 0. The van der Waals surface area contributed by atoms with Gasteiger partial charge in [-0.2, -0.15) is 0 Å². The molecule has 0 bridgehead atoms. The van der Waals surface area contributed by atoms with Crippen molar-refractivity contribution in [3.8, 4) is 22.5 Å². The van der Waals surface area contributed by atoms with Crippen molar-refractivity contribution in [2.45, 2.75) is 226 Å². The Morgan fingerprint density at radius 2 is 1.22 bits per heavy atom. The SMILES string of the molecule is CCC1CC(C(=O)NCCNC(=O)C2CC(n3cc(-c4cccc(F)c4)nn3)C(O)[C@H](O[C@@H]3O[C@@H](CO)[C@H](O)C(n4cc(-c5cccc(F)c5)nn4)C3O)C2)C[C@@H](O[C@@H]2OC(CO)[C@H](O)C(O[C@@H](CC3CCCCC3)C(=O)N3CCC3)C2NC(C)=O)C1O[C@@H]1OC(C)[C@@H](O)C(O)C1O. The van der Waals surface area contributed by atoms with Crippen LogP contribution in [0.5, 0.6) is 0 Å². The first kappa shape index (κ1) is 73.1.